The third-order valence-corrected chi connectivity index (χ3v) is 4.62. The lowest BCUT2D eigenvalue weighted by Crippen LogP contribution is -2.11. The highest BCUT2D eigenvalue weighted by Crippen LogP contribution is 2.39. The van der Waals surface area contributed by atoms with Gasteiger partial charge in [0.2, 0.25) is 0 Å². The Morgan fingerprint density at radius 2 is 1.90 bits per heavy atom. The van der Waals surface area contributed by atoms with Gasteiger partial charge in [0.05, 0.1) is 5.71 Å². The number of aliphatic imine (C=N–C) groups is 1. The van der Waals surface area contributed by atoms with Crippen molar-refractivity contribution >= 4 is 11.8 Å². The summed E-state index contributed by atoms with van der Waals surface area (Å²) in [7, 11) is 0. The van der Waals surface area contributed by atoms with Gasteiger partial charge < -0.3 is 4.42 Å². The maximum Gasteiger partial charge on any atom is 0.419 e. The summed E-state index contributed by atoms with van der Waals surface area (Å²) in [6.07, 6.45) is 1.96. The van der Waals surface area contributed by atoms with Crippen molar-refractivity contribution in [2.24, 2.45) is 4.99 Å². The zero-order valence-electron chi connectivity index (χ0n) is 15.2. The molecule has 0 aliphatic carbocycles. The van der Waals surface area contributed by atoms with Crippen molar-refractivity contribution in [2.45, 2.75) is 19.0 Å². The first kappa shape index (κ1) is 19.1. The fraction of sp³-hybridized carbons (Fsp3) is 0.182. The second kappa shape index (κ2) is 7.66. The van der Waals surface area contributed by atoms with Crippen molar-refractivity contribution in [3.8, 4) is 11.3 Å². The molecule has 0 amide bonds. The zero-order chi connectivity index (χ0) is 20.4. The van der Waals surface area contributed by atoms with Gasteiger partial charge in [-0.1, -0.05) is 12.1 Å². The largest absolute Gasteiger partial charge is 0.457 e. The summed E-state index contributed by atoms with van der Waals surface area (Å²) in [6, 6.07) is 9.93. The van der Waals surface area contributed by atoms with Gasteiger partial charge in [-0.3, -0.25) is 9.98 Å². The molecule has 1 aliphatic rings. The molecule has 0 bridgehead atoms. The number of nitrogens with zero attached hydrogens (tertiary/aromatic N) is 2. The first-order valence-corrected chi connectivity index (χ1v) is 9.05. The molecule has 1 aliphatic heterocycles. The fourth-order valence-corrected chi connectivity index (χ4v) is 3.36. The van der Waals surface area contributed by atoms with Crippen molar-refractivity contribution in [3.63, 3.8) is 0 Å². The molecule has 0 fully saturated rings. The molecule has 29 heavy (non-hydrogen) atoms. The Balaban J connectivity index is 1.71. The van der Waals surface area contributed by atoms with E-state index in [9.17, 15) is 17.6 Å². The van der Waals surface area contributed by atoms with Gasteiger partial charge in [0.1, 0.15) is 22.9 Å². The van der Waals surface area contributed by atoms with Crippen LogP contribution in [0.2, 0.25) is 0 Å². The number of aromatic nitrogens is 1. The molecule has 4 rings (SSSR count). The third-order valence-electron chi connectivity index (χ3n) is 4.62. The molecule has 148 valence electrons. The van der Waals surface area contributed by atoms with E-state index in [2.05, 4.69) is 9.98 Å². The second-order valence-electron chi connectivity index (χ2n) is 6.61. The second-order valence-corrected chi connectivity index (χ2v) is 6.61. The summed E-state index contributed by atoms with van der Waals surface area (Å²) in [6.45, 7) is 0.698. The SMILES string of the molecule is Fc1cccc(-c2ccc(/C=C3/CCCN=C3c3cccnc3)o2)c1C(F)(F)F. The average Bonchev–Trinajstić information content (AvgIpc) is 3.16. The lowest BCUT2D eigenvalue weighted by atomic mass is 9.96. The zero-order valence-corrected chi connectivity index (χ0v) is 15.2. The molecule has 7 heteroatoms. The van der Waals surface area contributed by atoms with Gasteiger partial charge in [0.25, 0.3) is 0 Å². The van der Waals surface area contributed by atoms with E-state index in [1.54, 1.807) is 24.5 Å². The molecule has 1 aromatic carbocycles. The predicted octanol–water partition coefficient (Wildman–Crippen LogP) is 6.17. The highest BCUT2D eigenvalue weighted by Gasteiger charge is 2.37. The van der Waals surface area contributed by atoms with E-state index in [0.29, 0.717) is 12.3 Å². The summed E-state index contributed by atoms with van der Waals surface area (Å²) in [4.78, 5) is 8.68. The normalized spacial score (nSPS) is 16.1. The van der Waals surface area contributed by atoms with E-state index >= 15 is 0 Å². The summed E-state index contributed by atoms with van der Waals surface area (Å²) in [5.74, 6) is -0.991. The highest BCUT2D eigenvalue weighted by atomic mass is 19.4. The van der Waals surface area contributed by atoms with Crippen LogP contribution in [-0.2, 0) is 6.18 Å². The van der Waals surface area contributed by atoms with Crippen LogP contribution in [0, 0.1) is 5.82 Å². The maximum atomic E-state index is 13.9. The van der Waals surface area contributed by atoms with E-state index in [1.165, 1.54) is 18.2 Å². The lowest BCUT2D eigenvalue weighted by Gasteiger charge is -2.15. The van der Waals surface area contributed by atoms with E-state index in [4.69, 9.17) is 4.42 Å². The molecule has 0 saturated carbocycles. The lowest BCUT2D eigenvalue weighted by molar-refractivity contribution is -0.139. The maximum absolute atomic E-state index is 13.9. The minimum absolute atomic E-state index is 0.0423. The van der Waals surface area contributed by atoms with Crippen LogP contribution >= 0.6 is 0 Å². The van der Waals surface area contributed by atoms with Crippen LogP contribution in [0.25, 0.3) is 17.4 Å². The van der Waals surface area contributed by atoms with Crippen LogP contribution < -0.4 is 0 Å². The van der Waals surface area contributed by atoms with Crippen LogP contribution in [0.15, 0.2) is 69.8 Å². The number of halogens is 4. The molecule has 0 N–H and O–H groups in total. The third kappa shape index (κ3) is 3.99. The Bertz CT molecular complexity index is 1080. The van der Waals surface area contributed by atoms with Gasteiger partial charge in [-0.05, 0) is 54.8 Å². The first-order valence-electron chi connectivity index (χ1n) is 9.05. The van der Waals surface area contributed by atoms with Gasteiger partial charge in [0.15, 0.2) is 0 Å². The number of furan rings is 1. The predicted molar refractivity (Wildman–Crippen MR) is 102 cm³/mol. The molecule has 3 aromatic rings. The van der Waals surface area contributed by atoms with Crippen LogP contribution in [0.4, 0.5) is 17.6 Å². The number of benzene rings is 1. The van der Waals surface area contributed by atoms with Gasteiger partial charge in [-0.15, -0.1) is 0 Å². The van der Waals surface area contributed by atoms with Gasteiger partial charge >= 0.3 is 6.18 Å². The number of rotatable bonds is 3. The number of hydrogen-bond donors (Lipinski definition) is 0. The van der Waals surface area contributed by atoms with E-state index in [-0.39, 0.29) is 11.3 Å². The van der Waals surface area contributed by atoms with Crippen LogP contribution in [0.1, 0.15) is 29.7 Å². The molecular weight excluding hydrogens is 384 g/mol. The summed E-state index contributed by atoms with van der Waals surface area (Å²) >= 11 is 0. The Labute approximate surface area is 164 Å². The number of allylic oxidation sites excluding steroid dienone is 1. The van der Waals surface area contributed by atoms with Crippen LogP contribution in [-0.4, -0.2) is 17.2 Å². The summed E-state index contributed by atoms with van der Waals surface area (Å²) < 4.78 is 59.4. The minimum atomic E-state index is -4.82. The molecule has 0 saturated heterocycles. The smallest absolute Gasteiger partial charge is 0.419 e. The number of alkyl halides is 3. The first-order chi connectivity index (χ1) is 13.9. The quantitative estimate of drug-likeness (QED) is 0.494. The highest BCUT2D eigenvalue weighted by molar-refractivity contribution is 6.15. The van der Waals surface area contributed by atoms with Gasteiger partial charge in [-0.25, -0.2) is 4.39 Å². The average molecular weight is 400 g/mol. The van der Waals surface area contributed by atoms with Crippen molar-refractivity contribution in [2.75, 3.05) is 6.54 Å². The topological polar surface area (TPSA) is 38.4 Å². The Hall–Kier alpha value is -3.22. The molecule has 0 unspecified atom stereocenters. The molecular formula is C22H16F4N2O. The van der Waals surface area contributed by atoms with Crippen LogP contribution in [0.3, 0.4) is 0 Å². The minimum Gasteiger partial charge on any atom is -0.457 e. The van der Waals surface area contributed by atoms with Gasteiger partial charge in [0, 0.05) is 30.1 Å². The molecule has 3 heterocycles. The Kier molecular flexibility index (Phi) is 5.05. The van der Waals surface area contributed by atoms with Crippen molar-refractivity contribution in [1.29, 1.82) is 0 Å². The molecule has 0 radical (unpaired) electrons. The van der Waals surface area contributed by atoms with E-state index in [0.717, 1.165) is 35.8 Å². The van der Waals surface area contributed by atoms with Gasteiger partial charge in [-0.2, -0.15) is 13.2 Å². The van der Waals surface area contributed by atoms with Crippen molar-refractivity contribution < 1.29 is 22.0 Å². The van der Waals surface area contributed by atoms with Crippen molar-refractivity contribution in [1.82, 2.24) is 4.98 Å². The summed E-state index contributed by atoms with van der Waals surface area (Å²) in [5, 5.41) is 0. The molecule has 0 atom stereocenters. The number of pyridine rings is 1. The Morgan fingerprint density at radius 3 is 2.66 bits per heavy atom. The van der Waals surface area contributed by atoms with Crippen molar-refractivity contribution in [3.05, 3.63) is 83.1 Å². The van der Waals surface area contributed by atoms with E-state index in [1.807, 2.05) is 12.1 Å². The fourth-order valence-electron chi connectivity index (χ4n) is 3.36. The summed E-state index contributed by atoms with van der Waals surface area (Å²) in [5.41, 5.74) is 0.926. The van der Waals surface area contributed by atoms with Crippen LogP contribution in [0.5, 0.6) is 0 Å². The molecule has 3 nitrogen and oxygen atoms in total. The Morgan fingerprint density at radius 1 is 1.03 bits per heavy atom. The number of hydrogen-bond acceptors (Lipinski definition) is 3. The van der Waals surface area contributed by atoms with E-state index < -0.39 is 17.6 Å². The standard InChI is InChI=1S/C22H16F4N2O/c23-18-7-1-6-17(20(18)22(24,25)26)19-9-8-16(29-19)12-14-4-3-11-28-21(14)15-5-2-10-27-13-15/h1-2,5-10,12-13H,3-4,11H2/b14-12-. The molecule has 0 spiro atoms. The monoisotopic (exact) mass is 400 g/mol. The molecule has 2 aromatic heterocycles.